The fourth-order valence-corrected chi connectivity index (χ4v) is 2.21. The second-order valence-electron chi connectivity index (χ2n) is 5.22. The maximum absolute atomic E-state index is 12.1. The van der Waals surface area contributed by atoms with Gasteiger partial charge in [0.2, 0.25) is 0 Å². The normalized spacial score (nSPS) is 17.2. The molecule has 17 heavy (non-hydrogen) atoms. The molecule has 1 rings (SSSR count). The SMILES string of the molecule is CC1CCN(C(=O)N(C)CCCCCN)CC1. The van der Waals surface area contributed by atoms with E-state index in [9.17, 15) is 4.79 Å². The first kappa shape index (κ1) is 14.3. The Balaban J connectivity index is 2.21. The molecule has 0 aromatic carbocycles. The average molecular weight is 241 g/mol. The van der Waals surface area contributed by atoms with Crippen LogP contribution in [-0.4, -0.2) is 49.1 Å². The van der Waals surface area contributed by atoms with Crippen molar-refractivity contribution in [2.75, 3.05) is 33.2 Å². The van der Waals surface area contributed by atoms with Crippen LogP contribution in [0.25, 0.3) is 0 Å². The van der Waals surface area contributed by atoms with E-state index in [0.29, 0.717) is 0 Å². The molecule has 0 atom stereocenters. The van der Waals surface area contributed by atoms with Gasteiger partial charge in [0.05, 0.1) is 0 Å². The van der Waals surface area contributed by atoms with Gasteiger partial charge < -0.3 is 15.5 Å². The molecule has 100 valence electrons. The number of hydrogen-bond donors (Lipinski definition) is 1. The molecule has 0 bridgehead atoms. The van der Waals surface area contributed by atoms with Crippen LogP contribution in [0.15, 0.2) is 0 Å². The Hall–Kier alpha value is -0.770. The summed E-state index contributed by atoms with van der Waals surface area (Å²) in [5, 5.41) is 0. The van der Waals surface area contributed by atoms with Crippen LogP contribution in [0.3, 0.4) is 0 Å². The molecule has 0 spiro atoms. The molecule has 0 unspecified atom stereocenters. The minimum absolute atomic E-state index is 0.199. The number of likely N-dealkylation sites (tertiary alicyclic amines) is 1. The third-order valence-corrected chi connectivity index (χ3v) is 3.58. The lowest BCUT2D eigenvalue weighted by Gasteiger charge is -2.33. The molecule has 4 nitrogen and oxygen atoms in total. The lowest BCUT2D eigenvalue weighted by molar-refractivity contribution is 0.142. The van der Waals surface area contributed by atoms with E-state index >= 15 is 0 Å². The summed E-state index contributed by atoms with van der Waals surface area (Å²) in [6.45, 7) is 5.71. The maximum atomic E-state index is 12.1. The largest absolute Gasteiger partial charge is 0.330 e. The zero-order valence-corrected chi connectivity index (χ0v) is 11.3. The molecule has 1 heterocycles. The Morgan fingerprint density at radius 3 is 2.53 bits per heavy atom. The molecule has 4 heteroatoms. The van der Waals surface area contributed by atoms with Crippen LogP contribution in [-0.2, 0) is 0 Å². The summed E-state index contributed by atoms with van der Waals surface area (Å²) < 4.78 is 0. The number of amides is 2. The van der Waals surface area contributed by atoms with Crippen molar-refractivity contribution < 1.29 is 4.79 Å². The number of rotatable bonds is 5. The van der Waals surface area contributed by atoms with Crippen LogP contribution in [0.1, 0.15) is 39.0 Å². The molecule has 0 aromatic rings. The van der Waals surface area contributed by atoms with Crippen LogP contribution in [0.4, 0.5) is 4.79 Å². The number of carbonyl (C=O) groups is 1. The van der Waals surface area contributed by atoms with Gasteiger partial charge in [0.25, 0.3) is 0 Å². The Morgan fingerprint density at radius 2 is 1.94 bits per heavy atom. The number of unbranched alkanes of at least 4 members (excludes halogenated alkanes) is 2. The maximum Gasteiger partial charge on any atom is 0.319 e. The van der Waals surface area contributed by atoms with Crippen molar-refractivity contribution in [2.24, 2.45) is 11.7 Å². The number of carbonyl (C=O) groups excluding carboxylic acids is 1. The smallest absolute Gasteiger partial charge is 0.319 e. The number of hydrogen-bond acceptors (Lipinski definition) is 2. The first-order valence-electron chi connectivity index (χ1n) is 6.85. The topological polar surface area (TPSA) is 49.6 Å². The summed E-state index contributed by atoms with van der Waals surface area (Å²) >= 11 is 0. The highest BCUT2D eigenvalue weighted by Crippen LogP contribution is 2.17. The fourth-order valence-electron chi connectivity index (χ4n) is 2.21. The molecule has 0 aliphatic carbocycles. The van der Waals surface area contributed by atoms with Gasteiger partial charge in [0, 0.05) is 26.7 Å². The molecule has 1 aliphatic rings. The van der Waals surface area contributed by atoms with Gasteiger partial charge in [-0.15, -0.1) is 0 Å². The second kappa shape index (κ2) is 7.54. The van der Waals surface area contributed by atoms with E-state index in [1.54, 1.807) is 0 Å². The van der Waals surface area contributed by atoms with Crippen molar-refractivity contribution in [3.8, 4) is 0 Å². The third kappa shape index (κ3) is 4.94. The summed E-state index contributed by atoms with van der Waals surface area (Å²) in [4.78, 5) is 15.9. The quantitative estimate of drug-likeness (QED) is 0.747. The summed E-state index contributed by atoms with van der Waals surface area (Å²) in [6, 6.07) is 0.199. The molecule has 1 aliphatic heterocycles. The molecule has 1 saturated heterocycles. The predicted molar refractivity (Wildman–Crippen MR) is 70.9 cm³/mol. The van der Waals surface area contributed by atoms with Crippen LogP contribution >= 0.6 is 0 Å². The predicted octanol–water partition coefficient (Wildman–Crippen LogP) is 1.90. The Morgan fingerprint density at radius 1 is 1.29 bits per heavy atom. The molecule has 0 saturated carbocycles. The second-order valence-corrected chi connectivity index (χ2v) is 5.22. The highest BCUT2D eigenvalue weighted by molar-refractivity contribution is 5.74. The molecular formula is C13H27N3O. The molecule has 0 radical (unpaired) electrons. The van der Waals surface area contributed by atoms with E-state index < -0.39 is 0 Å². The number of urea groups is 1. The van der Waals surface area contributed by atoms with Gasteiger partial charge in [0.1, 0.15) is 0 Å². The Kier molecular flexibility index (Phi) is 6.34. The van der Waals surface area contributed by atoms with Gasteiger partial charge in [-0.1, -0.05) is 13.3 Å². The van der Waals surface area contributed by atoms with Crippen molar-refractivity contribution in [2.45, 2.75) is 39.0 Å². The van der Waals surface area contributed by atoms with Crippen molar-refractivity contribution in [3.05, 3.63) is 0 Å². The van der Waals surface area contributed by atoms with Crippen LogP contribution in [0, 0.1) is 5.92 Å². The highest BCUT2D eigenvalue weighted by atomic mass is 16.2. The van der Waals surface area contributed by atoms with Gasteiger partial charge in [-0.3, -0.25) is 0 Å². The van der Waals surface area contributed by atoms with Crippen LogP contribution in [0.2, 0.25) is 0 Å². The van der Waals surface area contributed by atoms with E-state index in [-0.39, 0.29) is 6.03 Å². The molecule has 0 aromatic heterocycles. The Labute approximate surface area is 105 Å². The molecule has 2 amide bonds. The minimum Gasteiger partial charge on any atom is -0.330 e. The number of nitrogens with two attached hydrogens (primary N) is 1. The number of piperidine rings is 1. The van der Waals surface area contributed by atoms with E-state index in [1.807, 2.05) is 16.8 Å². The average Bonchev–Trinajstić information content (AvgIpc) is 2.34. The summed E-state index contributed by atoms with van der Waals surface area (Å²) in [5.74, 6) is 0.772. The molecule has 1 fully saturated rings. The van der Waals surface area contributed by atoms with Crippen molar-refractivity contribution >= 4 is 6.03 Å². The summed E-state index contributed by atoms with van der Waals surface area (Å²) in [5.41, 5.74) is 5.45. The van der Waals surface area contributed by atoms with E-state index in [4.69, 9.17) is 5.73 Å². The van der Waals surface area contributed by atoms with E-state index in [2.05, 4.69) is 6.92 Å². The molecular weight excluding hydrogens is 214 g/mol. The van der Waals surface area contributed by atoms with Crippen LogP contribution < -0.4 is 5.73 Å². The highest BCUT2D eigenvalue weighted by Gasteiger charge is 2.22. The monoisotopic (exact) mass is 241 g/mol. The summed E-state index contributed by atoms with van der Waals surface area (Å²) in [7, 11) is 1.91. The zero-order chi connectivity index (χ0) is 12.7. The lowest BCUT2D eigenvalue weighted by atomic mass is 10.00. The Bertz CT molecular complexity index is 225. The van der Waals surface area contributed by atoms with Crippen molar-refractivity contribution in [3.63, 3.8) is 0 Å². The van der Waals surface area contributed by atoms with Crippen molar-refractivity contribution in [1.29, 1.82) is 0 Å². The standard InChI is InChI=1S/C13H27N3O/c1-12-6-10-16(11-7-12)13(17)15(2)9-5-3-4-8-14/h12H,3-11,14H2,1-2H3. The molecule has 2 N–H and O–H groups in total. The van der Waals surface area contributed by atoms with E-state index in [0.717, 1.165) is 64.2 Å². The van der Waals surface area contributed by atoms with Gasteiger partial charge in [-0.25, -0.2) is 4.79 Å². The minimum atomic E-state index is 0.199. The lowest BCUT2D eigenvalue weighted by Crippen LogP contribution is -2.45. The zero-order valence-electron chi connectivity index (χ0n) is 11.3. The first-order valence-corrected chi connectivity index (χ1v) is 6.85. The van der Waals surface area contributed by atoms with Gasteiger partial charge in [-0.2, -0.15) is 0 Å². The first-order chi connectivity index (χ1) is 8.15. The summed E-state index contributed by atoms with van der Waals surface area (Å²) in [6.07, 6.45) is 5.53. The third-order valence-electron chi connectivity index (χ3n) is 3.58. The van der Waals surface area contributed by atoms with Gasteiger partial charge in [0.15, 0.2) is 0 Å². The van der Waals surface area contributed by atoms with Gasteiger partial charge >= 0.3 is 6.03 Å². The fraction of sp³-hybridized carbons (Fsp3) is 0.923. The van der Waals surface area contributed by atoms with E-state index in [1.165, 1.54) is 0 Å². The van der Waals surface area contributed by atoms with Crippen molar-refractivity contribution in [1.82, 2.24) is 9.80 Å². The number of nitrogens with zero attached hydrogens (tertiary/aromatic N) is 2. The van der Waals surface area contributed by atoms with Gasteiger partial charge in [-0.05, 0) is 38.1 Å². The van der Waals surface area contributed by atoms with Crippen LogP contribution in [0.5, 0.6) is 0 Å².